The van der Waals surface area contributed by atoms with Crippen LogP contribution in [0.4, 0.5) is 0 Å². The fourth-order valence-corrected chi connectivity index (χ4v) is 6.26. The van der Waals surface area contributed by atoms with Crippen LogP contribution in [0.2, 0.25) is 0 Å². The normalized spacial score (nSPS) is 14.6. The lowest BCUT2D eigenvalue weighted by Crippen LogP contribution is -2.57. The Balaban J connectivity index is 2.33. The molecule has 0 spiro atoms. The molecule has 4 atom stereocenters. The van der Waals surface area contributed by atoms with Crippen molar-refractivity contribution in [3.63, 3.8) is 0 Å². The van der Waals surface area contributed by atoms with Crippen LogP contribution >= 0.6 is 0 Å². The van der Waals surface area contributed by atoms with Gasteiger partial charge in [-0.15, -0.1) is 0 Å². The van der Waals surface area contributed by atoms with Gasteiger partial charge in [0, 0.05) is 26.7 Å². The van der Waals surface area contributed by atoms with Crippen molar-refractivity contribution in [2.75, 3.05) is 47.0 Å². The molecule has 2 aromatic rings. The molecule has 0 aliphatic rings. The van der Waals surface area contributed by atoms with Crippen molar-refractivity contribution >= 4 is 21.8 Å². The SMILES string of the molecule is CCC(C)C(NC(=O)CNCCOC)C(=O)NC(Cc1ccccc1)C(O)CN(CC(C)C)S(=O)(=O)c1ccc(OC)cc1. The lowest BCUT2D eigenvalue weighted by atomic mass is 9.96. The molecule has 44 heavy (non-hydrogen) atoms. The number of carbonyl (C=O) groups excluding carboxylic acids is 2. The molecule has 246 valence electrons. The average molecular weight is 635 g/mol. The van der Waals surface area contributed by atoms with E-state index in [0.717, 1.165) is 5.56 Å². The first-order valence-corrected chi connectivity index (χ1v) is 16.5. The van der Waals surface area contributed by atoms with E-state index in [2.05, 4.69) is 16.0 Å². The van der Waals surface area contributed by atoms with E-state index in [-0.39, 0.29) is 48.7 Å². The van der Waals surface area contributed by atoms with E-state index in [1.165, 1.54) is 23.5 Å². The van der Waals surface area contributed by atoms with Gasteiger partial charge < -0.3 is 30.5 Å². The van der Waals surface area contributed by atoms with Crippen molar-refractivity contribution < 1.29 is 32.6 Å². The summed E-state index contributed by atoms with van der Waals surface area (Å²) in [6.07, 6.45) is -0.371. The van der Waals surface area contributed by atoms with Gasteiger partial charge in [-0.2, -0.15) is 4.31 Å². The molecule has 12 heteroatoms. The second-order valence-electron chi connectivity index (χ2n) is 11.4. The van der Waals surface area contributed by atoms with Gasteiger partial charge in [-0.1, -0.05) is 64.4 Å². The van der Waals surface area contributed by atoms with E-state index in [1.54, 1.807) is 19.2 Å². The highest BCUT2D eigenvalue weighted by molar-refractivity contribution is 7.89. The summed E-state index contributed by atoms with van der Waals surface area (Å²) in [6, 6.07) is 13.8. The number of benzene rings is 2. The fraction of sp³-hybridized carbons (Fsp3) is 0.562. The smallest absolute Gasteiger partial charge is 0.243 e. The number of nitrogens with one attached hydrogen (secondary N) is 3. The van der Waals surface area contributed by atoms with Crippen molar-refractivity contribution in [1.29, 1.82) is 0 Å². The molecule has 0 bridgehead atoms. The van der Waals surface area contributed by atoms with E-state index >= 15 is 0 Å². The van der Waals surface area contributed by atoms with Gasteiger partial charge in [-0.3, -0.25) is 9.59 Å². The molecule has 0 saturated carbocycles. The van der Waals surface area contributed by atoms with Gasteiger partial charge in [-0.05, 0) is 48.1 Å². The van der Waals surface area contributed by atoms with Crippen LogP contribution in [0.25, 0.3) is 0 Å². The zero-order chi connectivity index (χ0) is 32.7. The molecule has 0 aromatic heterocycles. The predicted molar refractivity (Wildman–Crippen MR) is 171 cm³/mol. The number of methoxy groups -OCH3 is 2. The summed E-state index contributed by atoms with van der Waals surface area (Å²) in [5.74, 6) is -0.479. The van der Waals surface area contributed by atoms with Crippen molar-refractivity contribution in [1.82, 2.24) is 20.3 Å². The Bertz CT molecular complexity index is 1240. The third-order valence-corrected chi connectivity index (χ3v) is 9.17. The molecule has 2 amide bonds. The van der Waals surface area contributed by atoms with Gasteiger partial charge in [0.2, 0.25) is 21.8 Å². The lowest BCUT2D eigenvalue weighted by Gasteiger charge is -2.32. The minimum Gasteiger partial charge on any atom is -0.497 e. The molecule has 0 fully saturated rings. The minimum atomic E-state index is -3.98. The number of nitrogens with zero attached hydrogens (tertiary/aromatic N) is 1. The standard InChI is InChI=1S/C32H50N4O7S/c1-7-24(4)31(35-30(38)20-33-17-18-42-5)32(39)34-28(19-25-11-9-8-10-12-25)29(37)22-36(21-23(2)3)44(40,41)27-15-13-26(43-6)14-16-27/h8-16,23-24,28-29,31,33,37H,7,17-22H2,1-6H3,(H,34,39)(H,35,38). The van der Waals surface area contributed by atoms with Crippen molar-refractivity contribution in [3.8, 4) is 5.75 Å². The molecular formula is C32H50N4O7S. The Labute approximate surface area is 262 Å². The average Bonchev–Trinajstić information content (AvgIpc) is 3.01. The summed E-state index contributed by atoms with van der Waals surface area (Å²) in [6.45, 7) is 8.48. The minimum absolute atomic E-state index is 0.0209. The molecule has 2 aromatic carbocycles. The van der Waals surface area contributed by atoms with Gasteiger partial charge in [0.25, 0.3) is 0 Å². The fourth-order valence-electron chi connectivity index (χ4n) is 4.64. The van der Waals surface area contributed by atoms with Gasteiger partial charge in [0.05, 0.1) is 37.3 Å². The number of carbonyl (C=O) groups is 2. The van der Waals surface area contributed by atoms with Crippen LogP contribution in [0, 0.1) is 11.8 Å². The van der Waals surface area contributed by atoms with E-state index in [4.69, 9.17) is 9.47 Å². The third-order valence-electron chi connectivity index (χ3n) is 7.33. The van der Waals surface area contributed by atoms with Crippen LogP contribution < -0.4 is 20.7 Å². The molecule has 0 heterocycles. The summed E-state index contributed by atoms with van der Waals surface area (Å²) in [5.41, 5.74) is 0.858. The lowest BCUT2D eigenvalue weighted by molar-refractivity contribution is -0.131. The van der Waals surface area contributed by atoms with Crippen LogP contribution in [-0.2, 0) is 30.8 Å². The molecule has 0 radical (unpaired) electrons. The Hall–Kier alpha value is -3.03. The Morgan fingerprint density at radius 1 is 0.955 bits per heavy atom. The first-order valence-electron chi connectivity index (χ1n) is 15.1. The molecule has 0 saturated heterocycles. The van der Waals surface area contributed by atoms with E-state index in [0.29, 0.717) is 25.3 Å². The highest BCUT2D eigenvalue weighted by Crippen LogP contribution is 2.22. The number of amides is 2. The zero-order valence-corrected chi connectivity index (χ0v) is 27.6. The summed E-state index contributed by atoms with van der Waals surface area (Å²) in [7, 11) is -0.907. The van der Waals surface area contributed by atoms with Crippen molar-refractivity contribution in [2.24, 2.45) is 11.8 Å². The summed E-state index contributed by atoms with van der Waals surface area (Å²) in [5, 5.41) is 20.3. The maximum absolute atomic E-state index is 13.7. The van der Waals surface area contributed by atoms with Crippen molar-refractivity contribution in [2.45, 2.75) is 63.6 Å². The Kier molecular flexibility index (Phi) is 15.8. The first-order chi connectivity index (χ1) is 20.9. The second-order valence-corrected chi connectivity index (χ2v) is 13.3. The molecule has 4 unspecified atom stereocenters. The van der Waals surface area contributed by atoms with Gasteiger partial charge in [0.15, 0.2) is 0 Å². The predicted octanol–water partition coefficient (Wildman–Crippen LogP) is 2.20. The van der Waals surface area contributed by atoms with E-state index in [9.17, 15) is 23.1 Å². The molecule has 2 rings (SSSR count). The van der Waals surface area contributed by atoms with Gasteiger partial charge >= 0.3 is 0 Å². The third kappa shape index (κ3) is 11.8. The van der Waals surface area contributed by atoms with Crippen LogP contribution in [0.1, 0.15) is 39.7 Å². The molecule has 4 N–H and O–H groups in total. The highest BCUT2D eigenvalue weighted by atomic mass is 32.2. The number of ether oxygens (including phenoxy) is 2. The molecule has 0 aliphatic heterocycles. The number of rotatable bonds is 20. The number of aliphatic hydroxyl groups excluding tert-OH is 1. The van der Waals surface area contributed by atoms with E-state index in [1.807, 2.05) is 58.0 Å². The number of hydrogen-bond acceptors (Lipinski definition) is 8. The van der Waals surface area contributed by atoms with E-state index < -0.39 is 34.1 Å². The number of aliphatic hydroxyl groups is 1. The largest absolute Gasteiger partial charge is 0.497 e. The monoisotopic (exact) mass is 634 g/mol. The zero-order valence-electron chi connectivity index (χ0n) is 26.8. The first kappa shape index (κ1) is 37.2. The number of sulfonamides is 1. The number of hydrogen-bond donors (Lipinski definition) is 4. The van der Waals surface area contributed by atoms with Crippen molar-refractivity contribution in [3.05, 3.63) is 60.2 Å². The quantitative estimate of drug-likeness (QED) is 0.162. The van der Waals surface area contributed by atoms with Gasteiger partial charge in [-0.25, -0.2) is 8.42 Å². The van der Waals surface area contributed by atoms with Crippen LogP contribution in [-0.4, -0.2) is 94.8 Å². The maximum atomic E-state index is 13.7. The second kappa shape index (κ2) is 18.7. The molecular weight excluding hydrogens is 584 g/mol. The summed E-state index contributed by atoms with van der Waals surface area (Å²) in [4.78, 5) is 26.4. The highest BCUT2D eigenvalue weighted by Gasteiger charge is 2.34. The topological polar surface area (TPSA) is 146 Å². The van der Waals surface area contributed by atoms with Gasteiger partial charge in [0.1, 0.15) is 11.8 Å². The van der Waals surface area contributed by atoms with Crippen LogP contribution in [0.5, 0.6) is 5.75 Å². The summed E-state index contributed by atoms with van der Waals surface area (Å²) >= 11 is 0. The maximum Gasteiger partial charge on any atom is 0.243 e. The van der Waals surface area contributed by atoms with Crippen LogP contribution in [0.3, 0.4) is 0 Å². The Morgan fingerprint density at radius 3 is 2.18 bits per heavy atom. The Morgan fingerprint density at radius 2 is 1.61 bits per heavy atom. The summed E-state index contributed by atoms with van der Waals surface area (Å²) < 4.78 is 38.9. The molecule has 11 nitrogen and oxygen atoms in total. The molecule has 0 aliphatic carbocycles. The van der Waals surface area contributed by atoms with Crippen LogP contribution in [0.15, 0.2) is 59.5 Å².